The molecule has 0 spiro atoms. The minimum Gasteiger partial charge on any atom is -0.378 e. The quantitative estimate of drug-likeness (QED) is 0.676. The Bertz CT molecular complexity index is 1090. The summed E-state index contributed by atoms with van der Waals surface area (Å²) in [5, 5.41) is 3.81. The Hall–Kier alpha value is -3.45. The lowest BCUT2D eigenvalue weighted by Gasteiger charge is -2.27. The Morgan fingerprint density at radius 3 is 2.75 bits per heavy atom. The number of guanidine groups is 1. The van der Waals surface area contributed by atoms with Crippen LogP contribution >= 0.6 is 0 Å². The first kappa shape index (κ1) is 16.7. The van der Waals surface area contributed by atoms with E-state index in [1.807, 2.05) is 35.5 Å². The molecule has 2 aliphatic rings. The van der Waals surface area contributed by atoms with Gasteiger partial charge in [0.1, 0.15) is 11.3 Å². The fraction of sp³-hybridized carbons (Fsp3) is 0.190. The molecule has 0 unspecified atom stereocenters. The summed E-state index contributed by atoms with van der Waals surface area (Å²) in [5.74, 6) is 0.408. The summed E-state index contributed by atoms with van der Waals surface area (Å²) in [6, 6.07) is 12.2. The maximum Gasteiger partial charge on any atom is 0.276 e. The van der Waals surface area contributed by atoms with Crippen molar-refractivity contribution in [2.45, 2.75) is 0 Å². The summed E-state index contributed by atoms with van der Waals surface area (Å²) in [6.45, 7) is 2.74. The van der Waals surface area contributed by atoms with Crippen molar-refractivity contribution < 1.29 is 9.53 Å². The molecule has 2 aliphatic heterocycles. The topological polar surface area (TPSA) is 82.6 Å². The third-order valence-electron chi connectivity index (χ3n) is 4.96. The Morgan fingerprint density at radius 1 is 1.11 bits per heavy atom. The Morgan fingerprint density at radius 2 is 1.93 bits per heavy atom. The largest absolute Gasteiger partial charge is 0.378 e. The molecule has 4 heterocycles. The number of hydrogen-bond donors (Lipinski definition) is 2. The van der Waals surface area contributed by atoms with Crippen LogP contribution in [0.3, 0.4) is 0 Å². The highest BCUT2D eigenvalue weighted by Crippen LogP contribution is 2.26. The summed E-state index contributed by atoms with van der Waals surface area (Å²) < 4.78 is 5.36. The molecule has 0 bridgehead atoms. The number of aliphatic imine (C=N–C) groups is 1. The molecule has 0 saturated carbocycles. The monoisotopic (exact) mass is 373 g/mol. The number of H-pyrrole nitrogens is 1. The fourth-order valence-electron chi connectivity index (χ4n) is 3.46. The second-order valence-electron chi connectivity index (χ2n) is 6.75. The minimum atomic E-state index is -0.192. The van der Waals surface area contributed by atoms with E-state index in [4.69, 9.17) is 4.74 Å². The zero-order valence-electron chi connectivity index (χ0n) is 15.2. The Balaban J connectivity index is 1.50. The molecule has 0 radical (unpaired) electrons. The van der Waals surface area contributed by atoms with Crippen LogP contribution in [-0.2, 0) is 9.53 Å². The van der Waals surface area contributed by atoms with Gasteiger partial charge in [-0.3, -0.25) is 10.1 Å². The molecular weight excluding hydrogens is 354 g/mol. The fourth-order valence-corrected chi connectivity index (χ4v) is 3.46. The van der Waals surface area contributed by atoms with Gasteiger partial charge in [-0.2, -0.15) is 0 Å². The lowest BCUT2D eigenvalue weighted by atomic mass is 10.1. The van der Waals surface area contributed by atoms with Crippen LogP contribution < -0.4 is 5.32 Å². The van der Waals surface area contributed by atoms with E-state index in [0.717, 1.165) is 40.8 Å². The third-order valence-corrected chi connectivity index (χ3v) is 4.96. The number of hydrogen-bond acceptors (Lipinski definition) is 5. The molecule has 2 aromatic heterocycles. The van der Waals surface area contributed by atoms with Crippen molar-refractivity contribution in [2.24, 2.45) is 4.99 Å². The van der Waals surface area contributed by atoms with Gasteiger partial charge in [-0.25, -0.2) is 9.98 Å². The van der Waals surface area contributed by atoms with E-state index in [1.54, 1.807) is 6.08 Å². The van der Waals surface area contributed by atoms with Crippen LogP contribution in [0.1, 0.15) is 5.56 Å². The molecule has 5 rings (SSSR count). The standard InChI is InChI=1S/C21H19N5O2/c27-20-18(24-21(25-20)26-6-8-28-9-7-26)11-16-13-23-19-17(16)10-15(12-22-19)14-4-2-1-3-5-14/h1-5,10-13H,6-9H2,(H,22,23)(H,24,25,27). The number of nitrogens with one attached hydrogen (secondary N) is 2. The lowest BCUT2D eigenvalue weighted by molar-refractivity contribution is -0.115. The number of carbonyl (C=O) groups excluding carboxylic acids is 1. The van der Waals surface area contributed by atoms with Crippen molar-refractivity contribution in [2.75, 3.05) is 26.3 Å². The number of rotatable bonds is 2. The van der Waals surface area contributed by atoms with Gasteiger partial charge in [-0.1, -0.05) is 30.3 Å². The molecule has 28 heavy (non-hydrogen) atoms. The van der Waals surface area contributed by atoms with Gasteiger partial charge in [-0.15, -0.1) is 0 Å². The minimum absolute atomic E-state index is 0.192. The molecule has 0 aliphatic carbocycles. The van der Waals surface area contributed by atoms with Crippen molar-refractivity contribution >= 4 is 29.0 Å². The highest BCUT2D eigenvalue weighted by atomic mass is 16.5. The SMILES string of the molecule is O=C1NC(N2CCOCC2)=NC1=Cc1c[nH]c2ncc(-c3ccccc3)cc12. The van der Waals surface area contributed by atoms with E-state index < -0.39 is 0 Å². The van der Waals surface area contributed by atoms with Crippen LogP contribution in [-0.4, -0.2) is 53.0 Å². The summed E-state index contributed by atoms with van der Waals surface area (Å²) in [6.07, 6.45) is 5.51. The molecule has 7 heteroatoms. The summed E-state index contributed by atoms with van der Waals surface area (Å²) in [7, 11) is 0. The van der Waals surface area contributed by atoms with Gasteiger partial charge in [-0.05, 0) is 17.7 Å². The third kappa shape index (κ3) is 3.05. The molecule has 1 amide bonds. The molecule has 0 atom stereocenters. The zero-order chi connectivity index (χ0) is 18.9. The summed E-state index contributed by atoms with van der Waals surface area (Å²) in [4.78, 5) is 26.6. The maximum absolute atomic E-state index is 12.4. The van der Waals surface area contributed by atoms with Crippen molar-refractivity contribution in [1.29, 1.82) is 0 Å². The van der Waals surface area contributed by atoms with Crippen molar-refractivity contribution in [3.8, 4) is 11.1 Å². The van der Waals surface area contributed by atoms with Crippen molar-refractivity contribution in [3.63, 3.8) is 0 Å². The Labute approximate surface area is 161 Å². The highest BCUT2D eigenvalue weighted by Gasteiger charge is 2.25. The number of fused-ring (bicyclic) bond motifs is 1. The van der Waals surface area contributed by atoms with Crippen LogP contribution in [0, 0.1) is 0 Å². The van der Waals surface area contributed by atoms with Crippen LogP contribution in [0.4, 0.5) is 0 Å². The molecule has 1 saturated heterocycles. The van der Waals surface area contributed by atoms with E-state index in [-0.39, 0.29) is 5.91 Å². The van der Waals surface area contributed by atoms with Crippen molar-refractivity contribution in [1.82, 2.24) is 20.2 Å². The normalized spacial score (nSPS) is 18.6. The summed E-state index contributed by atoms with van der Waals surface area (Å²) in [5.41, 5.74) is 4.19. The summed E-state index contributed by atoms with van der Waals surface area (Å²) >= 11 is 0. The van der Waals surface area contributed by atoms with E-state index in [2.05, 4.69) is 38.5 Å². The van der Waals surface area contributed by atoms with Gasteiger partial charge >= 0.3 is 0 Å². The first-order valence-corrected chi connectivity index (χ1v) is 9.25. The predicted octanol–water partition coefficient (Wildman–Crippen LogP) is 2.39. The number of morpholine rings is 1. The predicted molar refractivity (Wildman–Crippen MR) is 107 cm³/mol. The van der Waals surface area contributed by atoms with Crippen LogP contribution in [0.2, 0.25) is 0 Å². The molecule has 1 aromatic carbocycles. The van der Waals surface area contributed by atoms with Crippen molar-refractivity contribution in [3.05, 3.63) is 60.1 Å². The number of benzene rings is 1. The number of ether oxygens (including phenoxy) is 1. The van der Waals surface area contributed by atoms with E-state index in [0.29, 0.717) is 24.9 Å². The molecule has 1 fully saturated rings. The Kier molecular flexibility index (Phi) is 4.14. The average molecular weight is 373 g/mol. The molecule has 140 valence electrons. The van der Waals surface area contributed by atoms with Gasteiger partial charge in [0.25, 0.3) is 5.91 Å². The van der Waals surface area contributed by atoms with Crippen LogP contribution in [0.5, 0.6) is 0 Å². The van der Waals surface area contributed by atoms with Gasteiger partial charge in [0.15, 0.2) is 0 Å². The first-order chi connectivity index (χ1) is 13.8. The maximum atomic E-state index is 12.4. The molecule has 2 N–H and O–H groups in total. The second kappa shape index (κ2) is 6.94. The van der Waals surface area contributed by atoms with Gasteiger partial charge < -0.3 is 14.6 Å². The van der Waals surface area contributed by atoms with Gasteiger partial charge in [0, 0.05) is 42.0 Å². The number of aromatic amines is 1. The van der Waals surface area contributed by atoms with E-state index in [9.17, 15) is 4.79 Å². The van der Waals surface area contributed by atoms with E-state index >= 15 is 0 Å². The van der Waals surface area contributed by atoms with Gasteiger partial charge in [0.2, 0.25) is 5.96 Å². The van der Waals surface area contributed by atoms with Crippen LogP contribution in [0.15, 0.2) is 59.5 Å². The first-order valence-electron chi connectivity index (χ1n) is 9.25. The number of nitrogens with zero attached hydrogens (tertiary/aromatic N) is 3. The molecule has 7 nitrogen and oxygen atoms in total. The number of aromatic nitrogens is 2. The smallest absolute Gasteiger partial charge is 0.276 e. The zero-order valence-corrected chi connectivity index (χ0v) is 15.2. The van der Waals surface area contributed by atoms with Crippen LogP contribution in [0.25, 0.3) is 28.2 Å². The highest BCUT2D eigenvalue weighted by molar-refractivity contribution is 6.14. The number of pyridine rings is 1. The lowest BCUT2D eigenvalue weighted by Crippen LogP contribution is -2.46. The molecular formula is C21H19N5O2. The van der Waals surface area contributed by atoms with E-state index in [1.165, 1.54) is 0 Å². The molecule has 3 aromatic rings. The number of amides is 1. The second-order valence-corrected chi connectivity index (χ2v) is 6.75. The average Bonchev–Trinajstić information content (AvgIpc) is 3.33. The number of carbonyl (C=O) groups is 1. The van der Waals surface area contributed by atoms with Gasteiger partial charge in [0.05, 0.1) is 13.2 Å².